The lowest BCUT2D eigenvalue weighted by molar-refractivity contribution is -0.274. The van der Waals surface area contributed by atoms with Crippen LogP contribution in [0.4, 0.5) is 13.2 Å². The first kappa shape index (κ1) is 17.0. The summed E-state index contributed by atoms with van der Waals surface area (Å²) in [6.07, 6.45) is -5.94. The van der Waals surface area contributed by atoms with Gasteiger partial charge in [-0.25, -0.2) is 0 Å². The monoisotopic (exact) mass is 349 g/mol. The zero-order valence-corrected chi connectivity index (χ0v) is 12.9. The van der Waals surface area contributed by atoms with Crippen LogP contribution in [-0.4, -0.2) is 23.4 Å². The maximum absolute atomic E-state index is 12.1. The van der Waals surface area contributed by atoms with Gasteiger partial charge in [-0.3, -0.25) is 4.79 Å². The SMILES string of the molecule is O=C1C(c2ccccc2)=C(NCc2ccc(OC(F)(F)F)cc2)C1O. The molecule has 1 aliphatic carbocycles. The Morgan fingerprint density at radius 3 is 2.28 bits per heavy atom. The van der Waals surface area contributed by atoms with Crippen LogP contribution < -0.4 is 10.1 Å². The minimum Gasteiger partial charge on any atom is -0.406 e. The van der Waals surface area contributed by atoms with Gasteiger partial charge in [-0.05, 0) is 23.3 Å². The summed E-state index contributed by atoms with van der Waals surface area (Å²) in [5, 5.41) is 12.8. The highest BCUT2D eigenvalue weighted by Crippen LogP contribution is 2.32. The quantitative estimate of drug-likeness (QED) is 0.871. The second kappa shape index (κ2) is 6.60. The average molecular weight is 349 g/mol. The summed E-state index contributed by atoms with van der Waals surface area (Å²) in [6, 6.07) is 14.3. The third-order valence-corrected chi connectivity index (χ3v) is 3.74. The van der Waals surface area contributed by atoms with E-state index in [-0.39, 0.29) is 18.1 Å². The number of ether oxygens (including phenoxy) is 1. The molecule has 0 heterocycles. The molecule has 0 aliphatic heterocycles. The van der Waals surface area contributed by atoms with Crippen molar-refractivity contribution in [3.8, 4) is 5.75 Å². The Kier molecular flexibility index (Phi) is 4.50. The van der Waals surface area contributed by atoms with Crippen molar-refractivity contribution in [3.05, 3.63) is 71.4 Å². The van der Waals surface area contributed by atoms with Crippen molar-refractivity contribution in [1.29, 1.82) is 0 Å². The second-order valence-corrected chi connectivity index (χ2v) is 5.47. The number of alkyl halides is 3. The number of aliphatic hydroxyl groups excluding tert-OH is 1. The molecule has 0 amide bonds. The lowest BCUT2D eigenvalue weighted by Gasteiger charge is -2.29. The first-order valence-corrected chi connectivity index (χ1v) is 7.45. The van der Waals surface area contributed by atoms with Gasteiger partial charge < -0.3 is 15.2 Å². The van der Waals surface area contributed by atoms with Crippen molar-refractivity contribution in [2.45, 2.75) is 19.0 Å². The molecule has 7 heteroatoms. The van der Waals surface area contributed by atoms with Crippen LogP contribution in [0.25, 0.3) is 5.57 Å². The number of ketones is 1. The predicted octanol–water partition coefficient (Wildman–Crippen LogP) is 3.03. The van der Waals surface area contributed by atoms with E-state index >= 15 is 0 Å². The van der Waals surface area contributed by atoms with Gasteiger partial charge in [0.15, 0.2) is 11.9 Å². The molecule has 0 saturated carbocycles. The smallest absolute Gasteiger partial charge is 0.406 e. The number of benzene rings is 2. The standard InChI is InChI=1S/C18H14F3NO3/c19-18(20,21)25-13-8-6-11(7-9-13)10-22-15-14(16(23)17(15)24)12-4-2-1-3-5-12/h1-9,17,22,24H,10H2. The fourth-order valence-corrected chi connectivity index (χ4v) is 2.55. The maximum atomic E-state index is 12.1. The Balaban J connectivity index is 1.70. The summed E-state index contributed by atoms with van der Waals surface area (Å²) in [5.74, 6) is -0.665. The molecular formula is C18H14F3NO3. The number of carbonyl (C=O) groups excluding carboxylic acids is 1. The van der Waals surface area contributed by atoms with Gasteiger partial charge in [0.2, 0.25) is 0 Å². The maximum Gasteiger partial charge on any atom is 0.573 e. The van der Waals surface area contributed by atoms with Crippen molar-refractivity contribution in [2.24, 2.45) is 0 Å². The summed E-state index contributed by atoms with van der Waals surface area (Å²) in [5.41, 5.74) is 2.21. The molecule has 1 unspecified atom stereocenters. The zero-order chi connectivity index (χ0) is 18.0. The van der Waals surface area contributed by atoms with E-state index in [2.05, 4.69) is 10.1 Å². The first-order valence-electron chi connectivity index (χ1n) is 7.45. The van der Waals surface area contributed by atoms with Crippen LogP contribution in [0.3, 0.4) is 0 Å². The summed E-state index contributed by atoms with van der Waals surface area (Å²) >= 11 is 0. The van der Waals surface area contributed by atoms with E-state index in [0.29, 0.717) is 22.4 Å². The van der Waals surface area contributed by atoms with Gasteiger partial charge in [0.05, 0.1) is 11.3 Å². The fourth-order valence-electron chi connectivity index (χ4n) is 2.55. The van der Waals surface area contributed by atoms with Crippen LogP contribution in [0.2, 0.25) is 0 Å². The summed E-state index contributed by atoms with van der Waals surface area (Å²) in [7, 11) is 0. The van der Waals surface area contributed by atoms with E-state index in [1.54, 1.807) is 24.3 Å². The molecule has 0 radical (unpaired) electrons. The van der Waals surface area contributed by atoms with Gasteiger partial charge >= 0.3 is 6.36 Å². The lowest BCUT2D eigenvalue weighted by Crippen LogP contribution is -2.42. The third-order valence-electron chi connectivity index (χ3n) is 3.74. The number of hydrogen-bond donors (Lipinski definition) is 2. The van der Waals surface area contributed by atoms with E-state index in [0.717, 1.165) is 0 Å². The van der Waals surface area contributed by atoms with E-state index in [4.69, 9.17) is 0 Å². The highest BCUT2D eigenvalue weighted by molar-refractivity contribution is 6.31. The van der Waals surface area contributed by atoms with Crippen LogP contribution in [-0.2, 0) is 11.3 Å². The molecule has 0 fully saturated rings. The summed E-state index contributed by atoms with van der Waals surface area (Å²) in [4.78, 5) is 11.9. The number of hydrogen-bond acceptors (Lipinski definition) is 4. The van der Waals surface area contributed by atoms with Gasteiger partial charge in [0.25, 0.3) is 0 Å². The van der Waals surface area contributed by atoms with Crippen LogP contribution in [0, 0.1) is 0 Å². The molecular weight excluding hydrogens is 335 g/mol. The molecule has 0 aromatic heterocycles. The van der Waals surface area contributed by atoms with E-state index < -0.39 is 12.5 Å². The van der Waals surface area contributed by atoms with Gasteiger partial charge in [-0.1, -0.05) is 42.5 Å². The highest BCUT2D eigenvalue weighted by Gasteiger charge is 2.38. The number of aliphatic hydroxyl groups is 1. The second-order valence-electron chi connectivity index (χ2n) is 5.47. The molecule has 3 rings (SSSR count). The fraction of sp³-hybridized carbons (Fsp3) is 0.167. The van der Waals surface area contributed by atoms with Crippen LogP contribution in [0.5, 0.6) is 5.75 Å². The number of halogens is 3. The molecule has 130 valence electrons. The lowest BCUT2D eigenvalue weighted by atomic mass is 9.84. The van der Waals surface area contributed by atoms with Crippen molar-refractivity contribution in [2.75, 3.05) is 0 Å². The summed E-state index contributed by atoms with van der Waals surface area (Å²) < 4.78 is 40.2. The Morgan fingerprint density at radius 2 is 1.68 bits per heavy atom. The van der Waals surface area contributed by atoms with Crippen LogP contribution in [0.15, 0.2) is 60.3 Å². The van der Waals surface area contributed by atoms with E-state index in [1.807, 2.05) is 6.07 Å². The highest BCUT2D eigenvalue weighted by atomic mass is 19.4. The Hall–Kier alpha value is -2.80. The molecule has 2 aromatic rings. The van der Waals surface area contributed by atoms with Crippen molar-refractivity contribution in [3.63, 3.8) is 0 Å². The Bertz CT molecular complexity index is 799. The van der Waals surface area contributed by atoms with Gasteiger partial charge in [0, 0.05) is 6.54 Å². The Labute approximate surface area is 141 Å². The van der Waals surface area contributed by atoms with Gasteiger partial charge in [-0.2, -0.15) is 0 Å². The predicted molar refractivity (Wildman–Crippen MR) is 84.3 cm³/mol. The van der Waals surface area contributed by atoms with Crippen LogP contribution in [0.1, 0.15) is 11.1 Å². The number of Topliss-reactive ketones (excluding diaryl/α,β-unsaturated/α-hetero) is 1. The average Bonchev–Trinajstić information content (AvgIpc) is 2.58. The molecule has 2 aromatic carbocycles. The molecule has 25 heavy (non-hydrogen) atoms. The van der Waals surface area contributed by atoms with Crippen LogP contribution >= 0.6 is 0 Å². The number of nitrogens with one attached hydrogen (secondary N) is 1. The molecule has 0 saturated heterocycles. The number of carbonyl (C=O) groups is 1. The molecule has 0 spiro atoms. The first-order chi connectivity index (χ1) is 11.8. The molecule has 0 bridgehead atoms. The molecule has 1 aliphatic rings. The molecule has 4 nitrogen and oxygen atoms in total. The largest absolute Gasteiger partial charge is 0.573 e. The number of rotatable bonds is 5. The Morgan fingerprint density at radius 1 is 1.04 bits per heavy atom. The van der Waals surface area contributed by atoms with E-state index in [9.17, 15) is 23.1 Å². The van der Waals surface area contributed by atoms with Crippen molar-refractivity contribution < 1.29 is 27.8 Å². The topological polar surface area (TPSA) is 58.6 Å². The molecule has 1 atom stereocenters. The third kappa shape index (κ3) is 3.83. The van der Waals surface area contributed by atoms with Gasteiger partial charge in [0.1, 0.15) is 5.75 Å². The van der Waals surface area contributed by atoms with Crippen molar-refractivity contribution in [1.82, 2.24) is 5.32 Å². The zero-order valence-electron chi connectivity index (χ0n) is 12.9. The molecule has 2 N–H and O–H groups in total. The van der Waals surface area contributed by atoms with Crippen molar-refractivity contribution >= 4 is 11.4 Å². The normalized spacial score (nSPS) is 17.3. The minimum absolute atomic E-state index is 0.252. The van der Waals surface area contributed by atoms with Gasteiger partial charge in [-0.15, -0.1) is 13.2 Å². The summed E-state index contributed by atoms with van der Waals surface area (Å²) in [6.45, 7) is 0.252. The minimum atomic E-state index is -4.73. The van der Waals surface area contributed by atoms with E-state index in [1.165, 1.54) is 24.3 Å².